The molecule has 13 heavy (non-hydrogen) atoms. The van der Waals surface area contributed by atoms with Gasteiger partial charge in [0.1, 0.15) is 5.52 Å². The molecule has 0 fully saturated rings. The molecule has 2 aromatic heterocycles. The summed E-state index contributed by atoms with van der Waals surface area (Å²) in [6.07, 6.45) is 1.36. The van der Waals surface area contributed by atoms with Crippen LogP contribution in [-0.4, -0.2) is 28.7 Å². The summed E-state index contributed by atoms with van der Waals surface area (Å²) in [6, 6.07) is 0. The van der Waals surface area contributed by atoms with Crippen molar-refractivity contribution in [3.63, 3.8) is 0 Å². The molecule has 2 heterocycles. The molecule has 1 unspecified atom stereocenters. The van der Waals surface area contributed by atoms with Gasteiger partial charge in [-0.25, -0.2) is 9.19 Å². The van der Waals surface area contributed by atoms with Gasteiger partial charge in [0.15, 0.2) is 10.7 Å². The zero-order chi connectivity index (χ0) is 9.42. The SMILES string of the molecule is Nc1nc(S(=O)O)c2[nH]cnc2n1. The summed E-state index contributed by atoms with van der Waals surface area (Å²) in [5.74, 6) is -0.0722. The van der Waals surface area contributed by atoms with E-state index in [-0.39, 0.29) is 16.6 Å². The second kappa shape index (κ2) is 2.75. The number of hydrogen-bond acceptors (Lipinski definition) is 5. The Hall–Kier alpha value is -1.54. The fraction of sp³-hybridized carbons (Fsp3) is 0. The second-order valence-electron chi connectivity index (χ2n) is 2.24. The van der Waals surface area contributed by atoms with E-state index in [0.717, 1.165) is 0 Å². The standard InChI is InChI=1S/C5H5N5O2S/c6-5-9-3-2(7-1-8-3)4(10-5)13(11)12/h1H,(H,11,12)(H3,6,7,8,9,10). The average molecular weight is 199 g/mol. The number of fused-ring (bicyclic) bond motifs is 1. The van der Waals surface area contributed by atoms with Gasteiger partial charge in [0.05, 0.1) is 6.33 Å². The van der Waals surface area contributed by atoms with E-state index < -0.39 is 11.1 Å². The number of rotatable bonds is 1. The smallest absolute Gasteiger partial charge is 0.223 e. The molecule has 7 nitrogen and oxygen atoms in total. The quantitative estimate of drug-likeness (QED) is 0.421. The lowest BCUT2D eigenvalue weighted by Crippen LogP contribution is -2.01. The van der Waals surface area contributed by atoms with Crippen LogP contribution in [0.3, 0.4) is 0 Å². The Morgan fingerprint density at radius 2 is 2.31 bits per heavy atom. The molecule has 0 spiro atoms. The molecular weight excluding hydrogens is 194 g/mol. The fourth-order valence-electron chi connectivity index (χ4n) is 0.949. The normalized spacial score (nSPS) is 13.3. The molecular formula is C5H5N5O2S. The van der Waals surface area contributed by atoms with Gasteiger partial charge in [-0.15, -0.1) is 0 Å². The summed E-state index contributed by atoms with van der Waals surface area (Å²) in [4.78, 5) is 13.8. The third-order valence-corrected chi connectivity index (χ3v) is 2.06. The van der Waals surface area contributed by atoms with Crippen LogP contribution in [0.25, 0.3) is 11.2 Å². The number of nitrogens with two attached hydrogens (primary N) is 1. The number of aromatic amines is 1. The summed E-state index contributed by atoms with van der Waals surface area (Å²) in [7, 11) is 0. The van der Waals surface area contributed by atoms with Crippen LogP contribution in [0, 0.1) is 0 Å². The van der Waals surface area contributed by atoms with Crippen molar-refractivity contribution >= 4 is 28.2 Å². The van der Waals surface area contributed by atoms with Crippen molar-refractivity contribution in [2.24, 2.45) is 0 Å². The molecule has 0 aliphatic carbocycles. The van der Waals surface area contributed by atoms with Gasteiger partial charge in [0.25, 0.3) is 0 Å². The van der Waals surface area contributed by atoms with E-state index >= 15 is 0 Å². The van der Waals surface area contributed by atoms with Gasteiger partial charge in [0, 0.05) is 0 Å². The van der Waals surface area contributed by atoms with Crippen LogP contribution >= 0.6 is 0 Å². The maximum atomic E-state index is 10.8. The van der Waals surface area contributed by atoms with E-state index in [1.54, 1.807) is 0 Å². The summed E-state index contributed by atoms with van der Waals surface area (Å²) in [5, 5.41) is -0.0556. The van der Waals surface area contributed by atoms with Gasteiger partial charge >= 0.3 is 0 Å². The molecule has 4 N–H and O–H groups in total. The van der Waals surface area contributed by atoms with E-state index in [0.29, 0.717) is 5.52 Å². The molecule has 0 aromatic carbocycles. The third kappa shape index (κ3) is 1.25. The number of hydrogen-bond donors (Lipinski definition) is 3. The first kappa shape index (κ1) is 8.08. The van der Waals surface area contributed by atoms with E-state index in [4.69, 9.17) is 10.3 Å². The molecule has 2 aromatic rings. The van der Waals surface area contributed by atoms with Gasteiger partial charge in [0.2, 0.25) is 17.0 Å². The van der Waals surface area contributed by atoms with E-state index in [1.807, 2.05) is 0 Å². The molecule has 0 saturated heterocycles. The van der Waals surface area contributed by atoms with Gasteiger partial charge in [-0.1, -0.05) is 0 Å². The summed E-state index contributed by atoms with van der Waals surface area (Å²) >= 11 is -2.19. The first-order chi connectivity index (χ1) is 6.18. The molecule has 0 aliphatic rings. The van der Waals surface area contributed by atoms with Crippen molar-refractivity contribution in [1.29, 1.82) is 0 Å². The Balaban J connectivity index is 2.84. The minimum Gasteiger partial charge on any atom is -0.368 e. The van der Waals surface area contributed by atoms with Crippen LogP contribution in [0.1, 0.15) is 0 Å². The predicted molar refractivity (Wildman–Crippen MR) is 45.1 cm³/mol. The number of aromatic nitrogens is 4. The molecule has 0 aliphatic heterocycles. The van der Waals surface area contributed by atoms with Crippen molar-refractivity contribution in [2.45, 2.75) is 5.03 Å². The predicted octanol–water partition coefficient (Wildman–Crippen LogP) is -0.484. The van der Waals surface area contributed by atoms with Gasteiger partial charge in [-0.05, 0) is 0 Å². The Labute approximate surface area is 74.7 Å². The second-order valence-corrected chi connectivity index (χ2v) is 3.12. The summed E-state index contributed by atoms with van der Waals surface area (Å²) < 4.78 is 19.6. The highest BCUT2D eigenvalue weighted by Gasteiger charge is 2.12. The van der Waals surface area contributed by atoms with Crippen LogP contribution in [-0.2, 0) is 11.1 Å². The molecule has 2 rings (SSSR count). The lowest BCUT2D eigenvalue weighted by atomic mass is 10.5. The largest absolute Gasteiger partial charge is 0.368 e. The van der Waals surface area contributed by atoms with E-state index in [2.05, 4.69) is 19.9 Å². The topological polar surface area (TPSA) is 118 Å². The van der Waals surface area contributed by atoms with Crippen molar-refractivity contribution in [2.75, 3.05) is 5.73 Å². The molecule has 0 radical (unpaired) electrons. The molecule has 8 heteroatoms. The van der Waals surface area contributed by atoms with Gasteiger partial charge in [-0.2, -0.15) is 9.97 Å². The lowest BCUT2D eigenvalue weighted by Gasteiger charge is -1.96. The minimum atomic E-state index is -2.19. The van der Waals surface area contributed by atoms with E-state index in [1.165, 1.54) is 6.33 Å². The Morgan fingerprint density at radius 1 is 1.54 bits per heavy atom. The minimum absolute atomic E-state index is 0.0556. The zero-order valence-corrected chi connectivity index (χ0v) is 7.08. The third-order valence-electron chi connectivity index (χ3n) is 1.44. The first-order valence-electron chi connectivity index (χ1n) is 3.26. The van der Waals surface area contributed by atoms with Gasteiger partial charge < -0.3 is 15.3 Å². The average Bonchev–Trinajstić information content (AvgIpc) is 2.49. The fourth-order valence-corrected chi connectivity index (χ4v) is 1.45. The number of nitrogens with zero attached hydrogens (tertiary/aromatic N) is 3. The highest BCUT2D eigenvalue weighted by atomic mass is 32.2. The van der Waals surface area contributed by atoms with Crippen LogP contribution in [0.2, 0.25) is 0 Å². The van der Waals surface area contributed by atoms with Crippen molar-refractivity contribution in [1.82, 2.24) is 19.9 Å². The Kier molecular flexibility index (Phi) is 1.71. The number of H-pyrrole nitrogens is 1. The highest BCUT2D eigenvalue weighted by molar-refractivity contribution is 7.79. The van der Waals surface area contributed by atoms with Crippen LogP contribution < -0.4 is 5.73 Å². The molecule has 0 amide bonds. The maximum absolute atomic E-state index is 10.8. The van der Waals surface area contributed by atoms with Gasteiger partial charge in [-0.3, -0.25) is 0 Å². The lowest BCUT2D eigenvalue weighted by molar-refractivity contribution is 0.561. The number of nitrogen functional groups attached to an aromatic ring is 1. The van der Waals surface area contributed by atoms with Crippen molar-refractivity contribution in [3.8, 4) is 0 Å². The Morgan fingerprint density at radius 3 is 3.00 bits per heavy atom. The van der Waals surface area contributed by atoms with Crippen LogP contribution in [0.15, 0.2) is 11.4 Å². The number of imidazole rings is 1. The highest BCUT2D eigenvalue weighted by Crippen LogP contribution is 2.14. The molecule has 1 atom stereocenters. The molecule has 0 saturated carbocycles. The van der Waals surface area contributed by atoms with Crippen molar-refractivity contribution in [3.05, 3.63) is 6.33 Å². The monoisotopic (exact) mass is 199 g/mol. The number of anilines is 1. The summed E-state index contributed by atoms with van der Waals surface area (Å²) in [6.45, 7) is 0. The van der Waals surface area contributed by atoms with Crippen LogP contribution in [0.4, 0.5) is 5.95 Å². The zero-order valence-electron chi connectivity index (χ0n) is 6.26. The molecule has 68 valence electrons. The summed E-state index contributed by atoms with van der Waals surface area (Å²) in [5.41, 5.74) is 5.91. The number of nitrogens with one attached hydrogen (secondary N) is 1. The first-order valence-corrected chi connectivity index (χ1v) is 4.36. The van der Waals surface area contributed by atoms with Crippen molar-refractivity contribution < 1.29 is 8.76 Å². The Bertz CT molecular complexity index is 481. The van der Waals surface area contributed by atoms with E-state index in [9.17, 15) is 4.21 Å². The van der Waals surface area contributed by atoms with Crippen LogP contribution in [0.5, 0.6) is 0 Å². The maximum Gasteiger partial charge on any atom is 0.223 e. The molecule has 0 bridgehead atoms.